The summed E-state index contributed by atoms with van der Waals surface area (Å²) in [7, 11) is 4.40. The highest BCUT2D eigenvalue weighted by molar-refractivity contribution is 6.18. The topological polar surface area (TPSA) is 9.23 Å². The van der Waals surface area contributed by atoms with Gasteiger partial charge in [0, 0.05) is 0 Å². The molecule has 0 bridgehead atoms. The van der Waals surface area contributed by atoms with Gasteiger partial charge in [-0.1, -0.05) is 11.6 Å². The van der Waals surface area contributed by atoms with Crippen molar-refractivity contribution in [3.8, 4) is 0 Å². The summed E-state index contributed by atoms with van der Waals surface area (Å²) in [5, 5.41) is 0. The molecule has 0 fully saturated rings. The van der Waals surface area contributed by atoms with Crippen LogP contribution >= 0.6 is 11.6 Å². The van der Waals surface area contributed by atoms with Crippen molar-refractivity contribution in [3.63, 3.8) is 0 Å². The van der Waals surface area contributed by atoms with Gasteiger partial charge in [-0.05, 0) is 0 Å². The van der Waals surface area contributed by atoms with E-state index in [4.69, 9.17) is 11.6 Å². The Kier molecular flexibility index (Phi) is 3.58. The van der Waals surface area contributed by atoms with Crippen LogP contribution < -0.4 is 0 Å². The minimum Gasteiger partial charge on any atom is -0.435 e. The van der Waals surface area contributed by atoms with Gasteiger partial charge in [0.2, 0.25) is 0 Å². The second-order valence-electron chi connectivity index (χ2n) is 0.276. The van der Waals surface area contributed by atoms with Crippen molar-refractivity contribution in [1.82, 2.24) is 0 Å². The maximum atomic E-state index is 4.84. The van der Waals surface area contributed by atoms with Crippen LogP contribution in [-0.4, -0.2) is 14.1 Å². The highest BCUT2D eigenvalue weighted by Gasteiger charge is 1.55. The summed E-state index contributed by atoms with van der Waals surface area (Å²) in [6, 6.07) is 0.0694. The van der Waals surface area contributed by atoms with E-state index in [1.54, 1.807) is 0 Å². The zero-order valence-electron chi connectivity index (χ0n) is 2.07. The lowest BCUT2D eigenvalue weighted by atomic mass is 10.6. The predicted molar refractivity (Wildman–Crippen MR) is 17.6 cm³/mol. The Morgan fingerprint density at radius 3 is 2.25 bits per heavy atom. The van der Waals surface area contributed by atoms with E-state index in [0.717, 1.165) is 0 Å². The van der Waals surface area contributed by atoms with Crippen molar-refractivity contribution in [2.45, 2.75) is 0 Å². The highest BCUT2D eigenvalue weighted by Crippen LogP contribution is 1.65. The number of alkyl halides is 1. The Bertz CT molecular complexity index is 10.0. The lowest BCUT2D eigenvalue weighted by Gasteiger charge is -1.74. The van der Waals surface area contributed by atoms with Crippen LogP contribution in [0.4, 0.5) is 0 Å². The fraction of sp³-hybridized carbons (Fsp3) is 1.00. The van der Waals surface area contributed by atoms with E-state index in [2.05, 4.69) is 12.7 Å². The summed E-state index contributed by atoms with van der Waals surface area (Å²) in [6.45, 7) is 0. The highest BCUT2D eigenvalue weighted by atomic mass is 35.5. The number of hydrogen-bond acceptors (Lipinski definition) is 1. The van der Waals surface area contributed by atoms with E-state index in [9.17, 15) is 0 Å². The standard InChI is InChI=1S/CH2BClO/c2-4-1-3/h1H2. The Labute approximate surface area is 31.3 Å². The molecule has 0 aliphatic carbocycles. The molecule has 0 heterocycles. The molecular formula is CH2BClO. The van der Waals surface area contributed by atoms with Crippen molar-refractivity contribution >= 4 is 19.7 Å². The maximum Gasteiger partial charge on any atom is 0.284 e. The lowest BCUT2D eigenvalue weighted by Crippen LogP contribution is -1.72. The maximum absolute atomic E-state index is 4.84. The number of hydrogen-bond donors (Lipinski definition) is 0. The molecular weight excluding hydrogens is 74.3 g/mol. The largest absolute Gasteiger partial charge is 0.435 e. The summed E-state index contributed by atoms with van der Waals surface area (Å²) in [6.07, 6.45) is 0. The minimum absolute atomic E-state index is 0.0694. The Hall–Kier alpha value is 0.315. The van der Waals surface area contributed by atoms with Gasteiger partial charge in [0.15, 0.2) is 0 Å². The van der Waals surface area contributed by atoms with Gasteiger partial charge in [0.1, 0.15) is 6.07 Å². The van der Waals surface area contributed by atoms with Crippen molar-refractivity contribution in [2.24, 2.45) is 0 Å². The molecule has 22 valence electrons. The quantitative estimate of drug-likeness (QED) is 0.322. The summed E-state index contributed by atoms with van der Waals surface area (Å²) >= 11 is 4.84. The molecule has 0 aromatic carbocycles. The van der Waals surface area contributed by atoms with Crippen molar-refractivity contribution < 1.29 is 4.65 Å². The van der Waals surface area contributed by atoms with Crippen LogP contribution in [0.1, 0.15) is 0 Å². The molecule has 0 aromatic rings. The molecule has 3 heteroatoms. The van der Waals surface area contributed by atoms with Crippen LogP contribution in [0.15, 0.2) is 0 Å². The molecule has 0 saturated carbocycles. The first-order chi connectivity index (χ1) is 1.91. The second-order valence-corrected chi connectivity index (χ2v) is 0.494. The SMILES string of the molecule is [B]OCCl. The molecule has 0 N–H and O–H groups in total. The van der Waals surface area contributed by atoms with Gasteiger partial charge in [-0.2, -0.15) is 0 Å². The van der Waals surface area contributed by atoms with Crippen LogP contribution in [-0.2, 0) is 4.65 Å². The zero-order chi connectivity index (χ0) is 3.41. The third-order valence-electron chi connectivity index (χ3n) is 0.0630. The fourth-order valence-electron chi connectivity index (χ4n) is 0. The van der Waals surface area contributed by atoms with E-state index < -0.39 is 0 Å². The predicted octanol–water partition coefficient (Wildman–Crippen LogP) is 0.283. The van der Waals surface area contributed by atoms with Gasteiger partial charge < -0.3 is 4.65 Å². The molecule has 4 heavy (non-hydrogen) atoms. The fourth-order valence-corrected chi connectivity index (χ4v) is 0. The first-order valence-electron chi connectivity index (χ1n) is 0.792. The second kappa shape index (κ2) is 3.31. The lowest BCUT2D eigenvalue weighted by molar-refractivity contribution is 0.430. The van der Waals surface area contributed by atoms with E-state index in [1.165, 1.54) is 0 Å². The van der Waals surface area contributed by atoms with E-state index in [0.29, 0.717) is 0 Å². The average molecular weight is 76.3 g/mol. The van der Waals surface area contributed by atoms with Crippen molar-refractivity contribution in [2.75, 3.05) is 6.07 Å². The molecule has 0 rings (SSSR count). The Morgan fingerprint density at radius 1 is 2.00 bits per heavy atom. The van der Waals surface area contributed by atoms with Crippen LogP contribution in [0.5, 0.6) is 0 Å². The monoisotopic (exact) mass is 76.0 g/mol. The van der Waals surface area contributed by atoms with Gasteiger partial charge in [-0.15, -0.1) is 0 Å². The molecule has 0 atom stereocenters. The van der Waals surface area contributed by atoms with Gasteiger partial charge in [-0.25, -0.2) is 0 Å². The Balaban J connectivity index is 1.97. The van der Waals surface area contributed by atoms with Crippen LogP contribution in [0, 0.1) is 0 Å². The first-order valence-corrected chi connectivity index (χ1v) is 1.33. The van der Waals surface area contributed by atoms with Gasteiger partial charge in [-0.3, -0.25) is 0 Å². The summed E-state index contributed by atoms with van der Waals surface area (Å²) in [4.78, 5) is 0. The van der Waals surface area contributed by atoms with Crippen LogP contribution in [0.2, 0.25) is 0 Å². The normalized spacial score (nSPS) is 7.25. The Morgan fingerprint density at radius 2 is 2.25 bits per heavy atom. The summed E-state index contributed by atoms with van der Waals surface area (Å²) < 4.78 is 3.81. The molecule has 2 radical (unpaired) electrons. The van der Waals surface area contributed by atoms with Gasteiger partial charge >= 0.3 is 0 Å². The molecule has 0 aliphatic rings. The molecule has 0 amide bonds. The molecule has 0 spiro atoms. The third-order valence-corrected chi connectivity index (χ3v) is 0.189. The van der Waals surface area contributed by atoms with Crippen molar-refractivity contribution in [1.29, 1.82) is 0 Å². The molecule has 0 aromatic heterocycles. The van der Waals surface area contributed by atoms with Gasteiger partial charge in [0.25, 0.3) is 8.05 Å². The van der Waals surface area contributed by atoms with Gasteiger partial charge in [0.05, 0.1) is 0 Å². The molecule has 0 aliphatic heterocycles. The smallest absolute Gasteiger partial charge is 0.284 e. The molecule has 0 unspecified atom stereocenters. The molecule has 1 nitrogen and oxygen atoms in total. The van der Waals surface area contributed by atoms with Crippen LogP contribution in [0.3, 0.4) is 0 Å². The third kappa shape index (κ3) is 2.31. The zero-order valence-corrected chi connectivity index (χ0v) is 2.83. The van der Waals surface area contributed by atoms with Crippen molar-refractivity contribution in [3.05, 3.63) is 0 Å². The summed E-state index contributed by atoms with van der Waals surface area (Å²) in [5.41, 5.74) is 0. The number of rotatable bonds is 1. The first kappa shape index (κ1) is 4.31. The summed E-state index contributed by atoms with van der Waals surface area (Å²) in [5.74, 6) is 0. The van der Waals surface area contributed by atoms with Crippen LogP contribution in [0.25, 0.3) is 0 Å². The van der Waals surface area contributed by atoms with E-state index >= 15 is 0 Å². The van der Waals surface area contributed by atoms with E-state index in [-0.39, 0.29) is 6.07 Å². The molecule has 0 saturated heterocycles. The average Bonchev–Trinajstić information content (AvgIpc) is 1.37. The van der Waals surface area contributed by atoms with E-state index in [1.807, 2.05) is 0 Å². The minimum atomic E-state index is 0.0694. The number of halogens is 1.